The molecule has 1 aromatic rings. The van der Waals surface area contributed by atoms with Crippen LogP contribution in [0.25, 0.3) is 0 Å². The number of nitrogens with one attached hydrogen (secondary N) is 1. The molecule has 2 nitrogen and oxygen atoms in total. The Hall–Kier alpha value is -2.03. The van der Waals surface area contributed by atoms with Crippen LogP contribution in [0.5, 0.6) is 0 Å². The maximum atomic E-state index is 14.0. The van der Waals surface area contributed by atoms with E-state index in [9.17, 15) is 79.4 Å². The zero-order chi connectivity index (χ0) is 31.8. The molecule has 230 valence electrons. The fourth-order valence-electron chi connectivity index (χ4n) is 2.69. The lowest BCUT2D eigenvalue weighted by Crippen LogP contribution is -2.74. The molecule has 40 heavy (non-hydrogen) atoms. The predicted octanol–water partition coefficient (Wildman–Crippen LogP) is 8.52. The van der Waals surface area contributed by atoms with Crippen molar-refractivity contribution in [2.75, 3.05) is 6.54 Å². The van der Waals surface area contributed by atoms with Gasteiger partial charge in [-0.3, -0.25) is 4.79 Å². The number of alkyl halides is 17. The van der Waals surface area contributed by atoms with Gasteiger partial charge in [0, 0.05) is 18.2 Å². The molecule has 0 saturated carbocycles. The second-order valence-electron chi connectivity index (χ2n) is 7.88. The maximum Gasteiger partial charge on any atom is 0.460 e. The van der Waals surface area contributed by atoms with Crippen molar-refractivity contribution < 1.29 is 79.4 Å². The number of benzene rings is 1. The Balaban J connectivity index is 3.21. The fraction of sp³-hybridized carbons (Fsp3) is 0.550. The molecule has 0 unspecified atom stereocenters. The molecule has 1 amide bonds. The molecule has 0 aromatic heterocycles. The number of carbonyl (C=O) groups is 1. The molecule has 0 aliphatic heterocycles. The molecule has 0 fully saturated rings. The van der Waals surface area contributed by atoms with Crippen LogP contribution in [0.1, 0.15) is 23.2 Å². The number of rotatable bonds is 12. The lowest BCUT2D eigenvalue weighted by molar-refractivity contribution is -0.459. The number of carbonyl (C=O) groups excluding carboxylic acids is 1. The number of hydrogen-bond acceptors (Lipinski definition) is 1. The van der Waals surface area contributed by atoms with Gasteiger partial charge in [-0.05, 0) is 51.1 Å². The lowest BCUT2D eigenvalue weighted by Gasteiger charge is -2.42. The van der Waals surface area contributed by atoms with Gasteiger partial charge in [-0.2, -0.15) is 74.6 Å². The molecule has 0 radical (unpaired) electrons. The summed E-state index contributed by atoms with van der Waals surface area (Å²) >= 11 is 0.783. The summed E-state index contributed by atoms with van der Waals surface area (Å²) in [5.74, 6) is -57.4. The van der Waals surface area contributed by atoms with E-state index in [1.165, 1.54) is 24.3 Å². The maximum absolute atomic E-state index is 14.0. The normalized spacial score (nSPS) is 15.3. The van der Waals surface area contributed by atoms with Gasteiger partial charge in [0.1, 0.15) is 0 Å². The van der Waals surface area contributed by atoms with Crippen LogP contribution in [0, 0.1) is 0 Å². The summed E-state index contributed by atoms with van der Waals surface area (Å²) in [7, 11) is 0. The van der Waals surface area contributed by atoms with Gasteiger partial charge in [-0.25, -0.2) is 0 Å². The van der Waals surface area contributed by atoms with Crippen LogP contribution in [0.2, 0.25) is 0 Å². The van der Waals surface area contributed by atoms with Gasteiger partial charge in [0.15, 0.2) is 0 Å². The quantitative estimate of drug-likeness (QED) is 0.130. The summed E-state index contributed by atoms with van der Waals surface area (Å²) < 4.78 is 225. The highest BCUT2D eigenvalue weighted by Crippen LogP contribution is 2.64. The molecule has 0 aliphatic rings. The van der Waals surface area contributed by atoms with Crippen LogP contribution in [0.4, 0.5) is 74.6 Å². The Bertz CT molecular complexity index is 1070. The van der Waals surface area contributed by atoms with Gasteiger partial charge >= 0.3 is 47.6 Å². The van der Waals surface area contributed by atoms with E-state index < -0.39 is 76.0 Å². The van der Waals surface area contributed by atoms with Gasteiger partial charge in [0.2, 0.25) is 0 Å². The molecular formula is C20H13F17INO. The third kappa shape index (κ3) is 6.09. The molecule has 0 atom stereocenters. The largest absolute Gasteiger partial charge is 0.460 e. The van der Waals surface area contributed by atoms with Crippen molar-refractivity contribution >= 4 is 28.5 Å². The SMILES string of the molecule is O=C(NCCCC(I)=CC(F)(F)C(F)(F)C(F)(F)C(F)(F)C(F)(F)C(F)(F)C(F)(F)C(F)(F)F)c1ccccc1. The summed E-state index contributed by atoms with van der Waals surface area (Å²) in [4.78, 5) is 11.8. The summed E-state index contributed by atoms with van der Waals surface area (Å²) in [5, 5.41) is 2.22. The third-order valence-electron chi connectivity index (χ3n) is 5.00. The molecule has 0 aliphatic carbocycles. The zero-order valence-corrected chi connectivity index (χ0v) is 21.0. The Morgan fingerprint density at radius 1 is 0.650 bits per heavy atom. The average molecular weight is 733 g/mol. The van der Waals surface area contributed by atoms with Gasteiger partial charge in [-0.1, -0.05) is 18.2 Å². The first kappa shape index (κ1) is 36.0. The van der Waals surface area contributed by atoms with E-state index in [2.05, 4.69) is 5.32 Å². The van der Waals surface area contributed by atoms with Crippen molar-refractivity contribution in [2.45, 2.75) is 60.5 Å². The Morgan fingerprint density at radius 2 is 1.05 bits per heavy atom. The average Bonchev–Trinajstić information content (AvgIpc) is 2.80. The third-order valence-corrected chi connectivity index (χ3v) is 5.85. The monoisotopic (exact) mass is 733 g/mol. The topological polar surface area (TPSA) is 29.1 Å². The molecule has 0 bridgehead atoms. The van der Waals surface area contributed by atoms with Crippen molar-refractivity contribution in [3.63, 3.8) is 0 Å². The van der Waals surface area contributed by atoms with Crippen molar-refractivity contribution in [1.29, 1.82) is 0 Å². The summed E-state index contributed by atoms with van der Waals surface area (Å²) in [5.41, 5.74) is 0.123. The van der Waals surface area contributed by atoms with Gasteiger partial charge < -0.3 is 5.32 Å². The molecule has 20 heteroatoms. The minimum absolute atomic E-state index is 0.123. The van der Waals surface area contributed by atoms with Gasteiger partial charge in [-0.15, -0.1) is 0 Å². The smallest absolute Gasteiger partial charge is 0.352 e. The molecule has 0 spiro atoms. The van der Waals surface area contributed by atoms with Gasteiger partial charge in [0.05, 0.1) is 0 Å². The lowest BCUT2D eigenvalue weighted by atomic mass is 9.89. The summed E-state index contributed by atoms with van der Waals surface area (Å²) in [6.07, 6.45) is -10.1. The first-order chi connectivity index (χ1) is 17.6. The van der Waals surface area contributed by atoms with E-state index in [1.807, 2.05) is 0 Å². The van der Waals surface area contributed by atoms with E-state index in [-0.39, 0.29) is 12.1 Å². The van der Waals surface area contributed by atoms with E-state index in [0.29, 0.717) is 0 Å². The van der Waals surface area contributed by atoms with E-state index in [4.69, 9.17) is 0 Å². The highest BCUT2D eigenvalue weighted by atomic mass is 127. The van der Waals surface area contributed by atoms with Crippen LogP contribution in [0.3, 0.4) is 0 Å². The zero-order valence-electron chi connectivity index (χ0n) is 18.8. The predicted molar refractivity (Wildman–Crippen MR) is 111 cm³/mol. The highest BCUT2D eigenvalue weighted by molar-refractivity contribution is 14.1. The second kappa shape index (κ2) is 11.3. The molecule has 1 N–H and O–H groups in total. The Kier molecular flexibility index (Phi) is 10.2. The molecule has 0 heterocycles. The van der Waals surface area contributed by atoms with Crippen LogP contribution in [0.15, 0.2) is 40.0 Å². The van der Waals surface area contributed by atoms with Gasteiger partial charge in [0.25, 0.3) is 5.91 Å². The summed E-state index contributed by atoms with van der Waals surface area (Å²) in [6, 6.07) is 7.16. The molecule has 0 saturated heterocycles. The van der Waals surface area contributed by atoms with Crippen LogP contribution < -0.4 is 5.32 Å². The molecule has 1 aromatic carbocycles. The van der Waals surface area contributed by atoms with Crippen LogP contribution in [-0.4, -0.2) is 60.1 Å². The van der Waals surface area contributed by atoms with E-state index in [1.54, 1.807) is 6.07 Å². The minimum Gasteiger partial charge on any atom is -0.352 e. The van der Waals surface area contributed by atoms with Crippen LogP contribution in [-0.2, 0) is 0 Å². The fourth-order valence-corrected chi connectivity index (χ4v) is 3.46. The minimum atomic E-state index is -8.66. The second-order valence-corrected chi connectivity index (χ2v) is 9.27. The Labute approximate surface area is 226 Å². The van der Waals surface area contributed by atoms with Crippen molar-refractivity contribution in [3.05, 3.63) is 45.6 Å². The number of hydrogen-bond donors (Lipinski definition) is 1. The summed E-state index contributed by atoms with van der Waals surface area (Å²) in [6.45, 7) is -0.362. The molecular weight excluding hydrogens is 720 g/mol. The first-order valence-electron chi connectivity index (χ1n) is 10.1. The van der Waals surface area contributed by atoms with Crippen molar-refractivity contribution in [2.24, 2.45) is 0 Å². The molecule has 1 rings (SSSR count). The van der Waals surface area contributed by atoms with Crippen LogP contribution >= 0.6 is 22.6 Å². The highest BCUT2D eigenvalue weighted by Gasteiger charge is 2.95. The number of allylic oxidation sites excluding steroid dienone is 2. The number of halogens is 18. The van der Waals surface area contributed by atoms with E-state index in [0.717, 1.165) is 22.6 Å². The first-order valence-corrected chi connectivity index (χ1v) is 11.1. The van der Waals surface area contributed by atoms with Crippen molar-refractivity contribution in [3.8, 4) is 0 Å². The standard InChI is InChI=1S/C20H13F17INO/c21-13(22,9-11(38)7-4-8-39-12(40)10-5-2-1-3-6-10)14(23,24)15(25,26)16(27,28)17(29,30)18(31,32)19(33,34)20(35,36)37/h1-3,5-6,9H,4,7-8H2,(H,39,40). The van der Waals surface area contributed by atoms with E-state index >= 15 is 0 Å². The van der Waals surface area contributed by atoms with Crippen molar-refractivity contribution in [1.82, 2.24) is 5.32 Å². The Morgan fingerprint density at radius 3 is 1.48 bits per heavy atom. The number of amides is 1.